The third kappa shape index (κ3) is 3.53. The summed E-state index contributed by atoms with van der Waals surface area (Å²) in [5, 5.41) is 3.20. The Morgan fingerprint density at radius 2 is 1.90 bits per heavy atom. The van der Waals surface area contributed by atoms with Gasteiger partial charge in [0, 0.05) is 15.7 Å². The number of hydrogen-bond acceptors (Lipinski definition) is 3. The zero-order chi connectivity index (χ0) is 14.7. The largest absolute Gasteiger partial charge is 0.488 e. The lowest BCUT2D eigenvalue weighted by atomic mass is 10.2. The van der Waals surface area contributed by atoms with Crippen molar-refractivity contribution >= 4 is 39.7 Å². The standard InChI is InChI=1S/C15H16FIN2O/c1-9(2)20-15-8-14(12(18)7-10(15)16)19-13-6-4-3-5-11(13)17/h3-9,19H,18H2,1-2H3. The van der Waals surface area contributed by atoms with E-state index in [1.54, 1.807) is 6.07 Å². The van der Waals surface area contributed by atoms with E-state index in [1.165, 1.54) is 6.07 Å². The zero-order valence-corrected chi connectivity index (χ0v) is 13.4. The van der Waals surface area contributed by atoms with Crippen LogP contribution in [0.5, 0.6) is 5.75 Å². The molecular formula is C15H16FIN2O. The summed E-state index contributed by atoms with van der Waals surface area (Å²) in [4.78, 5) is 0. The second-order valence-corrected chi connectivity index (χ2v) is 5.80. The fourth-order valence-electron chi connectivity index (χ4n) is 1.73. The monoisotopic (exact) mass is 386 g/mol. The quantitative estimate of drug-likeness (QED) is 0.599. The Kier molecular flexibility index (Phi) is 4.69. The fourth-order valence-corrected chi connectivity index (χ4v) is 2.25. The smallest absolute Gasteiger partial charge is 0.167 e. The maximum atomic E-state index is 13.8. The predicted octanol–water partition coefficient (Wildman–Crippen LogP) is 4.54. The maximum absolute atomic E-state index is 13.8. The highest BCUT2D eigenvalue weighted by Crippen LogP contribution is 2.32. The van der Waals surface area contributed by atoms with Crippen molar-refractivity contribution in [2.24, 2.45) is 0 Å². The van der Waals surface area contributed by atoms with Gasteiger partial charge in [0.1, 0.15) is 0 Å². The summed E-state index contributed by atoms with van der Waals surface area (Å²) in [5.74, 6) is -0.257. The summed E-state index contributed by atoms with van der Waals surface area (Å²) in [6, 6.07) is 10.7. The molecule has 0 spiro atoms. The number of nitrogens with one attached hydrogen (secondary N) is 1. The highest BCUT2D eigenvalue weighted by molar-refractivity contribution is 14.1. The lowest BCUT2D eigenvalue weighted by Gasteiger charge is -2.15. The van der Waals surface area contributed by atoms with E-state index in [2.05, 4.69) is 27.9 Å². The molecule has 0 amide bonds. The summed E-state index contributed by atoms with van der Waals surface area (Å²) in [6.07, 6.45) is -0.0992. The van der Waals surface area contributed by atoms with E-state index in [0.29, 0.717) is 11.4 Å². The van der Waals surface area contributed by atoms with Gasteiger partial charge in [-0.3, -0.25) is 0 Å². The molecule has 0 saturated heterocycles. The summed E-state index contributed by atoms with van der Waals surface area (Å²) >= 11 is 2.23. The maximum Gasteiger partial charge on any atom is 0.167 e. The van der Waals surface area contributed by atoms with Gasteiger partial charge in [-0.15, -0.1) is 0 Å². The lowest BCUT2D eigenvalue weighted by Crippen LogP contribution is -2.08. The van der Waals surface area contributed by atoms with E-state index in [4.69, 9.17) is 10.5 Å². The minimum atomic E-state index is -0.454. The van der Waals surface area contributed by atoms with Crippen LogP contribution in [0, 0.1) is 9.39 Å². The van der Waals surface area contributed by atoms with Gasteiger partial charge in [-0.25, -0.2) is 4.39 Å². The van der Waals surface area contributed by atoms with Crippen LogP contribution < -0.4 is 15.8 Å². The summed E-state index contributed by atoms with van der Waals surface area (Å²) in [5.41, 5.74) is 7.75. The molecule has 0 aliphatic rings. The topological polar surface area (TPSA) is 47.3 Å². The molecule has 0 aliphatic carbocycles. The molecule has 0 atom stereocenters. The molecule has 0 unspecified atom stereocenters. The van der Waals surface area contributed by atoms with Gasteiger partial charge in [-0.2, -0.15) is 0 Å². The first kappa shape index (κ1) is 14.9. The van der Waals surface area contributed by atoms with E-state index >= 15 is 0 Å². The number of hydrogen-bond donors (Lipinski definition) is 2. The molecule has 5 heteroatoms. The van der Waals surface area contributed by atoms with Crippen molar-refractivity contribution in [2.45, 2.75) is 20.0 Å². The number of anilines is 3. The van der Waals surface area contributed by atoms with Gasteiger partial charge < -0.3 is 15.8 Å². The first-order valence-electron chi connectivity index (χ1n) is 6.24. The molecule has 0 aliphatic heterocycles. The number of rotatable bonds is 4. The van der Waals surface area contributed by atoms with Crippen molar-refractivity contribution in [3.05, 3.63) is 45.8 Å². The molecule has 3 N–H and O–H groups in total. The molecule has 2 aromatic carbocycles. The van der Waals surface area contributed by atoms with Crippen LogP contribution in [0.15, 0.2) is 36.4 Å². The third-order valence-electron chi connectivity index (χ3n) is 2.61. The number of nitrogens with two attached hydrogens (primary N) is 1. The van der Waals surface area contributed by atoms with Gasteiger partial charge in [0.15, 0.2) is 11.6 Å². The van der Waals surface area contributed by atoms with Crippen LogP contribution in [0.2, 0.25) is 0 Å². The van der Waals surface area contributed by atoms with Crippen LogP contribution in [0.4, 0.5) is 21.5 Å². The minimum Gasteiger partial charge on any atom is -0.488 e. The van der Waals surface area contributed by atoms with E-state index in [0.717, 1.165) is 9.26 Å². The normalized spacial score (nSPS) is 10.7. The van der Waals surface area contributed by atoms with E-state index in [9.17, 15) is 4.39 Å². The number of nitrogen functional groups attached to an aromatic ring is 1. The molecule has 3 nitrogen and oxygen atoms in total. The fraction of sp³-hybridized carbons (Fsp3) is 0.200. The van der Waals surface area contributed by atoms with Crippen LogP contribution in [-0.4, -0.2) is 6.10 Å². The van der Waals surface area contributed by atoms with E-state index < -0.39 is 5.82 Å². The second-order valence-electron chi connectivity index (χ2n) is 4.64. The van der Waals surface area contributed by atoms with Crippen LogP contribution in [0.1, 0.15) is 13.8 Å². The van der Waals surface area contributed by atoms with Gasteiger partial charge in [-0.05, 0) is 48.6 Å². The Morgan fingerprint density at radius 3 is 2.55 bits per heavy atom. The minimum absolute atomic E-state index is 0.0992. The van der Waals surface area contributed by atoms with Gasteiger partial charge in [-0.1, -0.05) is 12.1 Å². The van der Waals surface area contributed by atoms with Gasteiger partial charge >= 0.3 is 0 Å². The van der Waals surface area contributed by atoms with E-state index in [1.807, 2.05) is 38.1 Å². The number of ether oxygens (including phenoxy) is 1. The highest BCUT2D eigenvalue weighted by atomic mass is 127. The first-order valence-corrected chi connectivity index (χ1v) is 7.32. The van der Waals surface area contributed by atoms with E-state index in [-0.39, 0.29) is 11.9 Å². The van der Waals surface area contributed by atoms with Gasteiger partial charge in [0.05, 0.1) is 23.2 Å². The molecule has 20 heavy (non-hydrogen) atoms. The summed E-state index contributed by atoms with van der Waals surface area (Å²) in [6.45, 7) is 3.70. The highest BCUT2D eigenvalue weighted by Gasteiger charge is 2.11. The third-order valence-corrected chi connectivity index (χ3v) is 3.55. The van der Waals surface area contributed by atoms with Crippen molar-refractivity contribution in [2.75, 3.05) is 11.1 Å². The van der Waals surface area contributed by atoms with Crippen molar-refractivity contribution in [3.8, 4) is 5.75 Å². The Bertz CT molecular complexity index is 617. The predicted molar refractivity (Wildman–Crippen MR) is 89.0 cm³/mol. The lowest BCUT2D eigenvalue weighted by molar-refractivity contribution is 0.231. The van der Waals surface area contributed by atoms with Gasteiger partial charge in [0.2, 0.25) is 0 Å². The number of halogens is 2. The molecular weight excluding hydrogens is 370 g/mol. The summed E-state index contributed by atoms with van der Waals surface area (Å²) in [7, 11) is 0. The first-order chi connectivity index (χ1) is 9.47. The molecule has 0 radical (unpaired) electrons. The Morgan fingerprint density at radius 1 is 1.20 bits per heavy atom. The molecule has 0 heterocycles. The Labute approximate surface area is 131 Å². The van der Waals surface area contributed by atoms with Crippen molar-refractivity contribution < 1.29 is 9.13 Å². The van der Waals surface area contributed by atoms with Crippen LogP contribution >= 0.6 is 22.6 Å². The number of para-hydroxylation sites is 1. The second kappa shape index (κ2) is 6.30. The van der Waals surface area contributed by atoms with Crippen molar-refractivity contribution in [3.63, 3.8) is 0 Å². The molecule has 0 fully saturated rings. The van der Waals surface area contributed by atoms with Gasteiger partial charge in [0.25, 0.3) is 0 Å². The average Bonchev–Trinajstić information content (AvgIpc) is 2.37. The summed E-state index contributed by atoms with van der Waals surface area (Å²) < 4.78 is 20.3. The van der Waals surface area contributed by atoms with Crippen molar-refractivity contribution in [1.29, 1.82) is 0 Å². The van der Waals surface area contributed by atoms with Crippen molar-refractivity contribution in [1.82, 2.24) is 0 Å². The average molecular weight is 386 g/mol. The van der Waals surface area contributed by atoms with Crippen LogP contribution in [0.25, 0.3) is 0 Å². The molecule has 0 bridgehead atoms. The Hall–Kier alpha value is -1.50. The number of benzene rings is 2. The Balaban J connectivity index is 2.34. The zero-order valence-electron chi connectivity index (χ0n) is 11.3. The SMILES string of the molecule is CC(C)Oc1cc(Nc2ccccc2I)c(N)cc1F. The molecule has 106 valence electrons. The van der Waals surface area contributed by atoms with Crippen LogP contribution in [-0.2, 0) is 0 Å². The molecule has 0 saturated carbocycles. The molecule has 0 aromatic heterocycles. The van der Waals surface area contributed by atoms with Crippen LogP contribution in [0.3, 0.4) is 0 Å². The molecule has 2 rings (SSSR count). The molecule has 2 aromatic rings.